The summed E-state index contributed by atoms with van der Waals surface area (Å²) in [6.45, 7) is 0. The zero-order valence-electron chi connectivity index (χ0n) is 8.84. The van der Waals surface area contributed by atoms with Crippen LogP contribution < -0.4 is 5.56 Å². The maximum absolute atomic E-state index is 12.0. The van der Waals surface area contributed by atoms with E-state index in [-0.39, 0.29) is 5.56 Å². The predicted octanol–water partition coefficient (Wildman–Crippen LogP) is 0.989. The Morgan fingerprint density at radius 2 is 2.18 bits per heavy atom. The summed E-state index contributed by atoms with van der Waals surface area (Å²) < 4.78 is 1.84. The van der Waals surface area contributed by atoms with Crippen LogP contribution in [-0.4, -0.2) is 19.6 Å². The van der Waals surface area contributed by atoms with Crippen molar-refractivity contribution >= 4 is 5.78 Å². The lowest BCUT2D eigenvalue weighted by molar-refractivity contribution is 0.994. The number of fused-ring (bicyclic) bond motifs is 5. The quantitative estimate of drug-likeness (QED) is 0.484. The van der Waals surface area contributed by atoms with Gasteiger partial charge in [-0.1, -0.05) is 24.3 Å². The third-order valence-corrected chi connectivity index (χ3v) is 3.22. The summed E-state index contributed by atoms with van der Waals surface area (Å²) in [4.78, 5) is 14.8. The summed E-state index contributed by atoms with van der Waals surface area (Å²) in [5.74, 6) is 0.501. The summed E-state index contributed by atoms with van der Waals surface area (Å²) >= 11 is 0. The topological polar surface area (TPSA) is 63.0 Å². The molecule has 82 valence electrons. The smallest absolute Gasteiger partial charge is 0.260 e. The van der Waals surface area contributed by atoms with E-state index in [9.17, 15) is 4.79 Å². The number of hydrogen-bond donors (Lipinski definition) is 1. The van der Waals surface area contributed by atoms with E-state index in [0.717, 1.165) is 23.2 Å². The van der Waals surface area contributed by atoms with Gasteiger partial charge in [0.25, 0.3) is 5.56 Å². The van der Waals surface area contributed by atoms with Crippen LogP contribution in [-0.2, 0) is 6.42 Å². The molecule has 4 rings (SSSR count). The lowest BCUT2D eigenvalue weighted by atomic mass is 10.1. The van der Waals surface area contributed by atoms with Crippen molar-refractivity contribution in [3.05, 3.63) is 52.2 Å². The largest absolute Gasteiger partial charge is 0.290 e. The first kappa shape index (κ1) is 8.69. The van der Waals surface area contributed by atoms with Gasteiger partial charge in [-0.25, -0.2) is 0 Å². The molecule has 0 saturated heterocycles. The number of nitrogens with zero attached hydrogens (tertiary/aromatic N) is 3. The molecule has 1 aliphatic rings. The second-order valence-electron chi connectivity index (χ2n) is 4.13. The van der Waals surface area contributed by atoms with Gasteiger partial charge in [-0.2, -0.15) is 0 Å². The maximum atomic E-state index is 12.0. The van der Waals surface area contributed by atoms with E-state index in [1.807, 2.05) is 28.7 Å². The number of aromatic amines is 1. The van der Waals surface area contributed by atoms with Crippen molar-refractivity contribution in [2.45, 2.75) is 6.42 Å². The molecule has 0 amide bonds. The van der Waals surface area contributed by atoms with Gasteiger partial charge in [-0.05, 0) is 11.1 Å². The van der Waals surface area contributed by atoms with Crippen molar-refractivity contribution in [1.29, 1.82) is 0 Å². The summed E-state index contributed by atoms with van der Waals surface area (Å²) in [7, 11) is 0. The molecule has 5 heteroatoms. The Hall–Kier alpha value is -2.43. The molecule has 0 fully saturated rings. The monoisotopic (exact) mass is 224 g/mol. The van der Waals surface area contributed by atoms with Gasteiger partial charge in [0.2, 0.25) is 5.78 Å². The molecule has 2 heterocycles. The molecule has 0 unspecified atom stereocenters. The average molecular weight is 224 g/mol. The molecule has 2 aromatic heterocycles. The fourth-order valence-electron chi connectivity index (χ4n) is 2.48. The Kier molecular flexibility index (Phi) is 1.44. The highest BCUT2D eigenvalue weighted by molar-refractivity contribution is 5.75. The third-order valence-electron chi connectivity index (χ3n) is 3.22. The predicted molar refractivity (Wildman–Crippen MR) is 61.8 cm³/mol. The van der Waals surface area contributed by atoms with Crippen LogP contribution in [0.3, 0.4) is 0 Å². The van der Waals surface area contributed by atoms with Gasteiger partial charge in [0, 0.05) is 12.1 Å². The lowest BCUT2D eigenvalue weighted by Crippen LogP contribution is -2.13. The first-order valence-electron chi connectivity index (χ1n) is 5.38. The van der Waals surface area contributed by atoms with Gasteiger partial charge in [0.1, 0.15) is 6.33 Å². The molecule has 0 bridgehead atoms. The molecule has 5 nitrogen and oxygen atoms in total. The Bertz CT molecular complexity index is 800. The zero-order chi connectivity index (χ0) is 11.4. The van der Waals surface area contributed by atoms with Gasteiger partial charge in [0.15, 0.2) is 0 Å². The summed E-state index contributed by atoms with van der Waals surface area (Å²) in [5, 5.41) is 7.70. The zero-order valence-corrected chi connectivity index (χ0v) is 8.84. The van der Waals surface area contributed by atoms with E-state index >= 15 is 0 Å². The van der Waals surface area contributed by atoms with E-state index in [1.54, 1.807) is 6.33 Å². The number of H-pyrrole nitrogens is 1. The van der Waals surface area contributed by atoms with Gasteiger partial charge < -0.3 is 0 Å². The fraction of sp³-hybridized carbons (Fsp3) is 0.0833. The number of hydrogen-bond acceptors (Lipinski definition) is 3. The SMILES string of the molecule is O=c1[nH]c2nncn2c2c1-c1ccccc1C2. The normalized spacial score (nSPS) is 12.7. The molecule has 1 aromatic carbocycles. The lowest BCUT2D eigenvalue weighted by Gasteiger charge is -2.01. The highest BCUT2D eigenvalue weighted by Gasteiger charge is 2.24. The van der Waals surface area contributed by atoms with Crippen molar-refractivity contribution < 1.29 is 0 Å². The standard InChI is InChI=1S/C12H8N4O/c17-11-10-8-4-2-1-3-7(8)5-9(10)16-6-13-15-12(16)14-11/h1-4,6H,5H2,(H,14,15,17). The van der Waals surface area contributed by atoms with E-state index in [2.05, 4.69) is 15.2 Å². The molecule has 0 saturated carbocycles. The Balaban J connectivity index is 2.21. The summed E-state index contributed by atoms with van der Waals surface area (Å²) in [5.41, 5.74) is 3.81. The molecular formula is C12H8N4O. The van der Waals surface area contributed by atoms with Crippen LogP contribution in [0, 0.1) is 0 Å². The van der Waals surface area contributed by atoms with Crippen LogP contribution in [0.2, 0.25) is 0 Å². The van der Waals surface area contributed by atoms with Crippen molar-refractivity contribution in [3.63, 3.8) is 0 Å². The number of aromatic nitrogens is 4. The minimum absolute atomic E-state index is 0.0922. The highest BCUT2D eigenvalue weighted by atomic mass is 16.1. The van der Waals surface area contributed by atoms with Crippen LogP contribution >= 0.6 is 0 Å². The van der Waals surface area contributed by atoms with Crippen molar-refractivity contribution in [1.82, 2.24) is 19.6 Å². The Morgan fingerprint density at radius 3 is 3.12 bits per heavy atom. The first-order chi connectivity index (χ1) is 8.34. The summed E-state index contributed by atoms with van der Waals surface area (Å²) in [6.07, 6.45) is 2.39. The Labute approximate surface area is 95.8 Å². The number of nitrogens with one attached hydrogen (secondary N) is 1. The minimum atomic E-state index is -0.0922. The van der Waals surface area contributed by atoms with Crippen LogP contribution in [0.1, 0.15) is 11.3 Å². The number of benzene rings is 1. The molecule has 0 atom stereocenters. The summed E-state index contributed by atoms with van der Waals surface area (Å²) in [6, 6.07) is 7.96. The second-order valence-corrected chi connectivity index (χ2v) is 4.13. The van der Waals surface area contributed by atoms with E-state index < -0.39 is 0 Å². The minimum Gasteiger partial charge on any atom is -0.290 e. The fourth-order valence-corrected chi connectivity index (χ4v) is 2.48. The maximum Gasteiger partial charge on any atom is 0.260 e. The van der Waals surface area contributed by atoms with Crippen LogP contribution in [0.15, 0.2) is 35.4 Å². The van der Waals surface area contributed by atoms with Gasteiger partial charge in [0.05, 0.1) is 5.56 Å². The molecule has 0 radical (unpaired) electrons. The van der Waals surface area contributed by atoms with Crippen molar-refractivity contribution in [2.75, 3.05) is 0 Å². The van der Waals surface area contributed by atoms with E-state index in [4.69, 9.17) is 0 Å². The second kappa shape index (κ2) is 2.82. The van der Waals surface area contributed by atoms with Crippen LogP contribution in [0.25, 0.3) is 16.9 Å². The van der Waals surface area contributed by atoms with Crippen molar-refractivity contribution in [3.8, 4) is 11.1 Å². The van der Waals surface area contributed by atoms with Gasteiger partial charge in [-0.3, -0.25) is 14.2 Å². The van der Waals surface area contributed by atoms with Crippen LogP contribution in [0.5, 0.6) is 0 Å². The van der Waals surface area contributed by atoms with Gasteiger partial charge >= 0.3 is 0 Å². The van der Waals surface area contributed by atoms with E-state index in [0.29, 0.717) is 5.78 Å². The highest BCUT2D eigenvalue weighted by Crippen LogP contribution is 2.33. The third kappa shape index (κ3) is 1.00. The first-order valence-corrected chi connectivity index (χ1v) is 5.38. The Morgan fingerprint density at radius 1 is 1.29 bits per heavy atom. The molecule has 3 aromatic rings. The molecule has 1 aliphatic carbocycles. The molecule has 0 spiro atoms. The molecular weight excluding hydrogens is 216 g/mol. The van der Waals surface area contributed by atoms with Crippen molar-refractivity contribution in [2.24, 2.45) is 0 Å². The molecule has 1 N–H and O–H groups in total. The average Bonchev–Trinajstić information content (AvgIpc) is 2.91. The van der Waals surface area contributed by atoms with E-state index in [1.165, 1.54) is 5.56 Å². The molecule has 17 heavy (non-hydrogen) atoms. The molecule has 0 aliphatic heterocycles. The number of rotatable bonds is 0. The van der Waals surface area contributed by atoms with Crippen LogP contribution in [0.4, 0.5) is 0 Å². The van der Waals surface area contributed by atoms with Gasteiger partial charge in [-0.15, -0.1) is 10.2 Å².